The average Bonchev–Trinajstić information content (AvgIpc) is 2.46. The molecule has 0 heterocycles. The highest BCUT2D eigenvalue weighted by Crippen LogP contribution is 2.36. The van der Waals surface area contributed by atoms with Gasteiger partial charge in [0.05, 0.1) is 17.7 Å². The molecule has 1 amide bonds. The lowest BCUT2D eigenvalue weighted by Gasteiger charge is -2.16. The number of aliphatic hydroxyl groups is 1. The first-order valence-corrected chi connectivity index (χ1v) is 7.79. The van der Waals surface area contributed by atoms with Crippen molar-refractivity contribution in [1.29, 1.82) is 0 Å². The lowest BCUT2D eigenvalue weighted by atomic mass is 10.2. The Labute approximate surface area is 133 Å². The van der Waals surface area contributed by atoms with E-state index in [4.69, 9.17) is 9.47 Å². The minimum absolute atomic E-state index is 0.0819. The Morgan fingerprint density at radius 2 is 2.10 bits per heavy atom. The summed E-state index contributed by atoms with van der Waals surface area (Å²) < 4.78 is 11.7. The second-order valence-corrected chi connectivity index (χ2v) is 5.52. The Morgan fingerprint density at radius 3 is 2.67 bits per heavy atom. The van der Waals surface area contributed by atoms with Crippen molar-refractivity contribution in [1.82, 2.24) is 5.32 Å². The third-order valence-electron chi connectivity index (χ3n) is 2.92. The molecule has 0 aromatic heterocycles. The van der Waals surface area contributed by atoms with E-state index in [1.54, 1.807) is 12.1 Å². The molecule has 21 heavy (non-hydrogen) atoms. The topological polar surface area (TPSA) is 67.8 Å². The van der Waals surface area contributed by atoms with Gasteiger partial charge in [-0.05, 0) is 53.9 Å². The summed E-state index contributed by atoms with van der Waals surface area (Å²) >= 11 is 3.38. The number of benzene rings is 1. The van der Waals surface area contributed by atoms with E-state index in [0.29, 0.717) is 28.1 Å². The Bertz CT molecular complexity index is 479. The molecule has 6 heteroatoms. The summed E-state index contributed by atoms with van der Waals surface area (Å²) in [6.45, 7) is 6.10. The van der Waals surface area contributed by atoms with Gasteiger partial charge in [-0.1, -0.05) is 6.92 Å². The predicted molar refractivity (Wildman–Crippen MR) is 84.6 cm³/mol. The second kappa shape index (κ2) is 8.89. The first-order chi connectivity index (χ1) is 10.0. The molecule has 1 aromatic rings. The Balaban J connectivity index is 2.79. The van der Waals surface area contributed by atoms with Gasteiger partial charge in [0.2, 0.25) is 0 Å². The standard InChI is InChI=1S/C15H22BrNO4/c1-4-10(3)17-14(19)9-21-15-12(16)6-11(8-18)7-13(15)20-5-2/h6-7,10,18H,4-5,8-9H2,1-3H3,(H,17,19). The summed E-state index contributed by atoms with van der Waals surface area (Å²) in [7, 11) is 0. The van der Waals surface area contributed by atoms with Gasteiger partial charge in [0.15, 0.2) is 18.1 Å². The normalized spacial score (nSPS) is 11.9. The van der Waals surface area contributed by atoms with Crippen LogP contribution in [0.25, 0.3) is 0 Å². The monoisotopic (exact) mass is 359 g/mol. The largest absolute Gasteiger partial charge is 0.490 e. The zero-order valence-corrected chi connectivity index (χ0v) is 14.2. The van der Waals surface area contributed by atoms with Crippen molar-refractivity contribution in [3.8, 4) is 11.5 Å². The molecule has 5 nitrogen and oxygen atoms in total. The molecule has 0 bridgehead atoms. The molecule has 1 aromatic carbocycles. The number of amides is 1. The number of ether oxygens (including phenoxy) is 2. The maximum atomic E-state index is 11.8. The van der Waals surface area contributed by atoms with E-state index in [9.17, 15) is 9.90 Å². The first-order valence-electron chi connectivity index (χ1n) is 7.00. The quantitative estimate of drug-likeness (QED) is 0.748. The van der Waals surface area contributed by atoms with Gasteiger partial charge < -0.3 is 19.9 Å². The number of halogens is 1. The smallest absolute Gasteiger partial charge is 0.258 e. The van der Waals surface area contributed by atoms with Crippen LogP contribution in [0.3, 0.4) is 0 Å². The summed E-state index contributed by atoms with van der Waals surface area (Å²) in [4.78, 5) is 11.8. The zero-order chi connectivity index (χ0) is 15.8. The van der Waals surface area contributed by atoms with Crippen LogP contribution in [0.4, 0.5) is 0 Å². The number of carbonyl (C=O) groups excluding carboxylic acids is 1. The molecular formula is C15H22BrNO4. The molecule has 2 N–H and O–H groups in total. The van der Waals surface area contributed by atoms with Crippen molar-refractivity contribution < 1.29 is 19.4 Å². The van der Waals surface area contributed by atoms with E-state index in [1.807, 2.05) is 20.8 Å². The Hall–Kier alpha value is -1.27. The van der Waals surface area contributed by atoms with Crippen LogP contribution in [0.2, 0.25) is 0 Å². The fourth-order valence-corrected chi connectivity index (χ4v) is 2.28. The van der Waals surface area contributed by atoms with Crippen LogP contribution in [0.15, 0.2) is 16.6 Å². The van der Waals surface area contributed by atoms with E-state index in [-0.39, 0.29) is 25.2 Å². The van der Waals surface area contributed by atoms with Gasteiger partial charge in [-0.15, -0.1) is 0 Å². The minimum atomic E-state index is -0.176. The van der Waals surface area contributed by atoms with Crippen molar-refractivity contribution in [2.24, 2.45) is 0 Å². The first kappa shape index (κ1) is 17.8. The maximum absolute atomic E-state index is 11.8. The van der Waals surface area contributed by atoms with E-state index in [2.05, 4.69) is 21.2 Å². The van der Waals surface area contributed by atoms with Crippen molar-refractivity contribution >= 4 is 21.8 Å². The van der Waals surface area contributed by atoms with Gasteiger partial charge in [0, 0.05) is 6.04 Å². The Kier molecular flexibility index (Phi) is 7.53. The number of hydrogen-bond donors (Lipinski definition) is 2. The predicted octanol–water partition coefficient (Wildman–Crippen LogP) is 2.63. The summed E-state index contributed by atoms with van der Waals surface area (Å²) in [5.74, 6) is 0.797. The Morgan fingerprint density at radius 1 is 1.38 bits per heavy atom. The molecule has 0 aliphatic heterocycles. The molecular weight excluding hydrogens is 338 g/mol. The van der Waals surface area contributed by atoms with E-state index in [1.165, 1.54) is 0 Å². The van der Waals surface area contributed by atoms with Gasteiger partial charge in [0.1, 0.15) is 0 Å². The van der Waals surface area contributed by atoms with Gasteiger partial charge in [-0.25, -0.2) is 0 Å². The van der Waals surface area contributed by atoms with Crippen LogP contribution < -0.4 is 14.8 Å². The molecule has 0 saturated carbocycles. The van der Waals surface area contributed by atoms with Crippen molar-refractivity contribution in [2.45, 2.75) is 39.8 Å². The fraction of sp³-hybridized carbons (Fsp3) is 0.533. The second-order valence-electron chi connectivity index (χ2n) is 4.66. The van der Waals surface area contributed by atoms with Crippen molar-refractivity contribution in [2.75, 3.05) is 13.2 Å². The van der Waals surface area contributed by atoms with E-state index in [0.717, 1.165) is 6.42 Å². The van der Waals surface area contributed by atoms with Gasteiger partial charge >= 0.3 is 0 Å². The number of aliphatic hydroxyl groups excluding tert-OH is 1. The lowest BCUT2D eigenvalue weighted by Crippen LogP contribution is -2.35. The summed E-state index contributed by atoms with van der Waals surface area (Å²) in [6.07, 6.45) is 0.866. The number of carbonyl (C=O) groups is 1. The molecule has 0 radical (unpaired) electrons. The van der Waals surface area contributed by atoms with E-state index >= 15 is 0 Å². The molecule has 0 fully saturated rings. The number of nitrogens with one attached hydrogen (secondary N) is 1. The van der Waals surface area contributed by atoms with Crippen LogP contribution in [0.1, 0.15) is 32.8 Å². The number of rotatable bonds is 8. The molecule has 1 unspecified atom stereocenters. The van der Waals surface area contributed by atoms with Crippen LogP contribution >= 0.6 is 15.9 Å². The van der Waals surface area contributed by atoms with Crippen LogP contribution in [-0.4, -0.2) is 30.3 Å². The van der Waals surface area contributed by atoms with Crippen molar-refractivity contribution in [3.63, 3.8) is 0 Å². The zero-order valence-electron chi connectivity index (χ0n) is 12.6. The molecule has 1 rings (SSSR count). The highest BCUT2D eigenvalue weighted by Gasteiger charge is 2.14. The summed E-state index contributed by atoms with van der Waals surface area (Å²) in [6, 6.07) is 3.56. The molecule has 0 aliphatic carbocycles. The van der Waals surface area contributed by atoms with Gasteiger partial charge in [0.25, 0.3) is 5.91 Å². The van der Waals surface area contributed by atoms with Gasteiger partial charge in [-0.2, -0.15) is 0 Å². The minimum Gasteiger partial charge on any atom is -0.490 e. The molecule has 0 aliphatic rings. The maximum Gasteiger partial charge on any atom is 0.258 e. The molecule has 0 saturated heterocycles. The van der Waals surface area contributed by atoms with Gasteiger partial charge in [-0.3, -0.25) is 4.79 Å². The summed E-state index contributed by atoms with van der Waals surface area (Å²) in [5.41, 5.74) is 0.710. The lowest BCUT2D eigenvalue weighted by molar-refractivity contribution is -0.123. The number of hydrogen-bond acceptors (Lipinski definition) is 4. The molecule has 0 spiro atoms. The fourth-order valence-electron chi connectivity index (χ4n) is 1.67. The van der Waals surface area contributed by atoms with Crippen LogP contribution in [0.5, 0.6) is 11.5 Å². The molecule has 1 atom stereocenters. The van der Waals surface area contributed by atoms with Crippen LogP contribution in [-0.2, 0) is 11.4 Å². The van der Waals surface area contributed by atoms with Crippen molar-refractivity contribution in [3.05, 3.63) is 22.2 Å². The third-order valence-corrected chi connectivity index (χ3v) is 3.51. The highest BCUT2D eigenvalue weighted by molar-refractivity contribution is 9.10. The third kappa shape index (κ3) is 5.55. The SMILES string of the molecule is CCOc1cc(CO)cc(Br)c1OCC(=O)NC(C)CC. The molecule has 118 valence electrons. The summed E-state index contributed by atoms with van der Waals surface area (Å²) in [5, 5.41) is 12.0. The van der Waals surface area contributed by atoms with E-state index < -0.39 is 0 Å². The average molecular weight is 360 g/mol. The van der Waals surface area contributed by atoms with Crippen LogP contribution in [0, 0.1) is 0 Å². The highest BCUT2D eigenvalue weighted by atomic mass is 79.9.